The second kappa shape index (κ2) is 4.47. The van der Waals surface area contributed by atoms with Gasteiger partial charge in [-0.05, 0) is 62.7 Å². The quantitative estimate of drug-likeness (QED) is 0.458. The lowest BCUT2D eigenvalue weighted by Crippen LogP contribution is -2.41. The van der Waals surface area contributed by atoms with Crippen LogP contribution in [0.15, 0.2) is 6.07 Å². The first kappa shape index (κ1) is 13.8. The van der Waals surface area contributed by atoms with Crippen LogP contribution in [0.1, 0.15) is 33.4 Å². The van der Waals surface area contributed by atoms with Crippen LogP contribution < -0.4 is 5.59 Å². The van der Waals surface area contributed by atoms with Gasteiger partial charge in [-0.25, -0.2) is 4.45 Å². The maximum absolute atomic E-state index is 6.02. The summed E-state index contributed by atoms with van der Waals surface area (Å²) in [4.78, 5) is 0. The molecule has 0 bridgehead atoms. The van der Waals surface area contributed by atoms with E-state index in [1.807, 2.05) is 17.4 Å². The van der Waals surface area contributed by atoms with E-state index in [1.54, 1.807) is 0 Å². The average Bonchev–Trinajstić information content (AvgIpc) is 2.65. The van der Waals surface area contributed by atoms with Gasteiger partial charge in [0.25, 0.3) is 0 Å². The number of hydrogen-bond donors (Lipinski definition) is 0. The predicted octanol–water partition coefficient (Wildman–Crippen LogP) is 2.28. The Bertz CT molecular complexity index is 420. The van der Waals surface area contributed by atoms with E-state index < -0.39 is 0 Å². The number of nitrogens with zero attached hydrogens (tertiary/aromatic N) is 2. The van der Waals surface area contributed by atoms with Gasteiger partial charge in [0.2, 0.25) is 0 Å². The third-order valence-corrected chi connectivity index (χ3v) is 5.32. The maximum Gasteiger partial charge on any atom is 0.514 e. The molecular formula is C10H17BIN2O2P. The Kier molecular flexibility index (Phi) is 3.63. The molecule has 0 radical (unpaired) electrons. The molecule has 0 aromatic carbocycles. The average molecular weight is 366 g/mol. The standard InChI is InChI=1S/C10H17BIN2O2P/c1-7-6-8(14(13-7)17-12)11-15-9(2,3)10(4,5)16-11/h6,17H,1-5H3. The Morgan fingerprint density at radius 3 is 2.29 bits per heavy atom. The maximum atomic E-state index is 6.02. The molecule has 7 heteroatoms. The highest BCUT2D eigenvalue weighted by Gasteiger charge is 2.52. The topological polar surface area (TPSA) is 36.3 Å². The SMILES string of the molecule is Cc1cc(B2OC(C)(C)C(C)(C)O2)n(PI)n1. The van der Waals surface area contributed by atoms with E-state index in [2.05, 4.69) is 54.8 Å². The lowest BCUT2D eigenvalue weighted by atomic mass is 9.85. The second-order valence-corrected chi connectivity index (χ2v) is 7.34. The predicted molar refractivity (Wildman–Crippen MR) is 80.4 cm³/mol. The van der Waals surface area contributed by atoms with E-state index >= 15 is 0 Å². The Hall–Kier alpha value is 0.355. The zero-order chi connectivity index (χ0) is 12.8. The van der Waals surface area contributed by atoms with Crippen molar-refractivity contribution in [3.63, 3.8) is 0 Å². The van der Waals surface area contributed by atoms with Crippen LogP contribution in [0.25, 0.3) is 0 Å². The lowest BCUT2D eigenvalue weighted by Gasteiger charge is -2.32. The van der Waals surface area contributed by atoms with E-state index in [4.69, 9.17) is 9.31 Å². The number of rotatable bonds is 2. The number of halogens is 1. The van der Waals surface area contributed by atoms with Crippen molar-refractivity contribution in [2.75, 3.05) is 0 Å². The molecule has 1 aromatic heterocycles. The molecule has 0 spiro atoms. The first-order chi connectivity index (χ1) is 7.77. The van der Waals surface area contributed by atoms with Gasteiger partial charge in [0.15, 0.2) is 0 Å². The van der Waals surface area contributed by atoms with Gasteiger partial charge < -0.3 is 9.31 Å². The monoisotopic (exact) mass is 366 g/mol. The molecule has 2 rings (SSSR count). The molecule has 0 aliphatic carbocycles. The zero-order valence-corrected chi connectivity index (χ0v) is 13.9. The lowest BCUT2D eigenvalue weighted by molar-refractivity contribution is 0.00578. The first-order valence-corrected chi connectivity index (χ1v) is 9.62. The molecular weight excluding hydrogens is 349 g/mol. The van der Waals surface area contributed by atoms with Gasteiger partial charge in [-0.15, -0.1) is 0 Å². The minimum atomic E-state index is -0.316. The molecule has 4 nitrogen and oxygen atoms in total. The fourth-order valence-electron chi connectivity index (χ4n) is 1.72. The van der Waals surface area contributed by atoms with Gasteiger partial charge in [0.05, 0.1) is 28.9 Å². The highest BCUT2D eigenvalue weighted by atomic mass is 127. The highest BCUT2D eigenvalue weighted by Crippen LogP contribution is 2.37. The molecule has 1 aromatic rings. The summed E-state index contributed by atoms with van der Waals surface area (Å²) < 4.78 is 14.0. The molecule has 1 aliphatic rings. The van der Waals surface area contributed by atoms with Crippen molar-refractivity contribution in [3.8, 4) is 0 Å². The highest BCUT2D eigenvalue weighted by molar-refractivity contribution is 14.2. The fourth-order valence-corrected chi connectivity index (χ4v) is 3.34. The van der Waals surface area contributed by atoms with Crippen molar-refractivity contribution < 1.29 is 9.31 Å². The molecule has 1 aliphatic heterocycles. The summed E-state index contributed by atoms with van der Waals surface area (Å²) in [7, 11) is -0.316. The molecule has 2 heterocycles. The smallest absolute Gasteiger partial charge is 0.398 e. The molecule has 17 heavy (non-hydrogen) atoms. The van der Waals surface area contributed by atoms with Gasteiger partial charge >= 0.3 is 7.12 Å². The third-order valence-electron chi connectivity index (χ3n) is 3.43. The van der Waals surface area contributed by atoms with E-state index in [0.29, 0.717) is 6.37 Å². The molecule has 1 saturated heterocycles. The largest absolute Gasteiger partial charge is 0.514 e. The van der Waals surface area contributed by atoms with Crippen molar-refractivity contribution in [1.29, 1.82) is 0 Å². The molecule has 0 amide bonds. The van der Waals surface area contributed by atoms with Crippen LogP contribution in [0.3, 0.4) is 0 Å². The Labute approximate surface area is 117 Å². The van der Waals surface area contributed by atoms with E-state index in [0.717, 1.165) is 11.3 Å². The van der Waals surface area contributed by atoms with Crippen molar-refractivity contribution in [2.45, 2.75) is 45.8 Å². The summed E-state index contributed by atoms with van der Waals surface area (Å²) in [6.45, 7) is 10.2. The summed E-state index contributed by atoms with van der Waals surface area (Å²) >= 11 is 2.31. The van der Waals surface area contributed by atoms with Crippen LogP contribution in [0, 0.1) is 6.92 Å². The minimum Gasteiger partial charge on any atom is -0.398 e. The molecule has 0 saturated carbocycles. The zero-order valence-electron chi connectivity index (χ0n) is 10.7. The summed E-state index contributed by atoms with van der Waals surface area (Å²) in [6.07, 6.45) is 0.556. The van der Waals surface area contributed by atoms with Crippen LogP contribution in [0.4, 0.5) is 0 Å². The summed E-state index contributed by atoms with van der Waals surface area (Å²) in [6, 6.07) is 2.04. The van der Waals surface area contributed by atoms with Gasteiger partial charge in [-0.2, -0.15) is 5.10 Å². The molecule has 1 unspecified atom stereocenters. The summed E-state index contributed by atoms with van der Waals surface area (Å²) in [5, 5.41) is 4.43. The summed E-state index contributed by atoms with van der Waals surface area (Å²) in [5.41, 5.74) is 1.41. The van der Waals surface area contributed by atoms with Crippen molar-refractivity contribution in [2.24, 2.45) is 0 Å². The van der Waals surface area contributed by atoms with Crippen molar-refractivity contribution in [3.05, 3.63) is 11.8 Å². The number of aryl methyl sites for hydroxylation is 1. The normalized spacial score (nSPS) is 22.8. The van der Waals surface area contributed by atoms with Crippen LogP contribution in [0.5, 0.6) is 0 Å². The van der Waals surface area contributed by atoms with Gasteiger partial charge in [0, 0.05) is 0 Å². The van der Waals surface area contributed by atoms with E-state index in [9.17, 15) is 0 Å². The Morgan fingerprint density at radius 2 is 1.82 bits per heavy atom. The first-order valence-electron chi connectivity index (χ1n) is 5.56. The van der Waals surface area contributed by atoms with Crippen molar-refractivity contribution in [1.82, 2.24) is 9.55 Å². The number of hydrogen-bond acceptors (Lipinski definition) is 3. The molecule has 1 atom stereocenters. The minimum absolute atomic E-state index is 0.297. The molecule has 0 N–H and O–H groups in total. The van der Waals surface area contributed by atoms with Crippen LogP contribution in [-0.2, 0) is 9.31 Å². The third kappa shape index (κ3) is 2.42. The van der Waals surface area contributed by atoms with Crippen LogP contribution in [-0.4, -0.2) is 27.9 Å². The van der Waals surface area contributed by atoms with Gasteiger partial charge in [0.1, 0.15) is 0 Å². The van der Waals surface area contributed by atoms with Crippen molar-refractivity contribution >= 4 is 41.1 Å². The molecule has 94 valence electrons. The van der Waals surface area contributed by atoms with Crippen LogP contribution in [0.2, 0.25) is 0 Å². The Morgan fingerprint density at radius 1 is 1.29 bits per heavy atom. The molecule has 1 fully saturated rings. The fraction of sp³-hybridized carbons (Fsp3) is 0.700. The second-order valence-electron chi connectivity index (χ2n) is 5.30. The van der Waals surface area contributed by atoms with Gasteiger partial charge in [-0.3, -0.25) is 0 Å². The van der Waals surface area contributed by atoms with E-state index in [1.165, 1.54) is 0 Å². The van der Waals surface area contributed by atoms with E-state index in [-0.39, 0.29) is 18.3 Å². The Balaban J connectivity index is 2.31. The number of aromatic nitrogens is 2. The van der Waals surface area contributed by atoms with Gasteiger partial charge in [-0.1, -0.05) is 0 Å². The summed E-state index contributed by atoms with van der Waals surface area (Å²) in [5.74, 6) is 0. The van der Waals surface area contributed by atoms with Crippen LogP contribution >= 0.6 is 28.4 Å².